The number of ether oxygens (including phenoxy) is 2. The lowest BCUT2D eigenvalue weighted by molar-refractivity contribution is -0.145. The number of aldehydes is 1. The Kier molecular flexibility index (Phi) is 6.49. The summed E-state index contributed by atoms with van der Waals surface area (Å²) in [7, 11) is 1.42. The average molecular weight is 512 g/mol. The largest absolute Gasteiger partial charge is 0.494 e. The van der Waals surface area contributed by atoms with Crippen molar-refractivity contribution >= 4 is 28.2 Å². The zero-order valence-electron chi connectivity index (χ0n) is 17.7. The summed E-state index contributed by atoms with van der Waals surface area (Å²) in [4.78, 5) is 28.4. The van der Waals surface area contributed by atoms with Gasteiger partial charge < -0.3 is 19.7 Å². The molecule has 0 saturated heterocycles. The van der Waals surface area contributed by atoms with Crippen molar-refractivity contribution in [2.24, 2.45) is 5.92 Å². The Morgan fingerprint density at radius 2 is 1.79 bits per heavy atom. The second-order valence-electron chi connectivity index (χ2n) is 7.89. The third-order valence-corrected chi connectivity index (χ3v) is 6.64. The van der Waals surface area contributed by atoms with Gasteiger partial charge in [0.25, 0.3) is 0 Å². The number of aliphatic hydroxyl groups excluding tert-OH is 1. The van der Waals surface area contributed by atoms with E-state index >= 15 is 0 Å². The first-order chi connectivity index (χ1) is 15.9. The molecule has 0 radical (unpaired) electrons. The van der Waals surface area contributed by atoms with Crippen molar-refractivity contribution < 1.29 is 29.3 Å². The number of carbonyl (C=O) groups excluding carboxylic acids is 1. The van der Waals surface area contributed by atoms with Crippen LogP contribution in [-0.2, 0) is 10.4 Å². The van der Waals surface area contributed by atoms with Crippen molar-refractivity contribution in [2.45, 2.75) is 24.0 Å². The van der Waals surface area contributed by atoms with E-state index in [2.05, 4.69) is 20.9 Å². The van der Waals surface area contributed by atoms with E-state index in [1.165, 1.54) is 19.5 Å². The van der Waals surface area contributed by atoms with Crippen molar-refractivity contribution in [3.8, 4) is 11.5 Å². The molecule has 0 spiro atoms. The zero-order valence-corrected chi connectivity index (χ0v) is 19.3. The highest BCUT2D eigenvalue weighted by molar-refractivity contribution is 9.10. The lowest BCUT2D eigenvalue weighted by Crippen LogP contribution is -2.39. The van der Waals surface area contributed by atoms with Crippen molar-refractivity contribution in [1.29, 1.82) is 0 Å². The predicted molar refractivity (Wildman–Crippen MR) is 124 cm³/mol. The minimum absolute atomic E-state index is 0.000662. The number of benzene rings is 2. The molecule has 1 heterocycles. The summed E-state index contributed by atoms with van der Waals surface area (Å²) >= 11 is 3.43. The molecule has 1 aromatic heterocycles. The fourth-order valence-electron chi connectivity index (χ4n) is 4.70. The topological polar surface area (TPSA) is 106 Å². The Labute approximate surface area is 199 Å². The molecule has 33 heavy (non-hydrogen) atoms. The molecule has 0 bridgehead atoms. The highest BCUT2D eigenvalue weighted by atomic mass is 79.9. The minimum Gasteiger partial charge on any atom is -0.494 e. The van der Waals surface area contributed by atoms with Gasteiger partial charge >= 0.3 is 5.97 Å². The molecular formula is C25H22BrNO6. The van der Waals surface area contributed by atoms with E-state index in [9.17, 15) is 19.8 Å². The Balaban J connectivity index is 1.98. The Bertz CT molecular complexity index is 1150. The van der Waals surface area contributed by atoms with E-state index in [1.807, 2.05) is 54.6 Å². The summed E-state index contributed by atoms with van der Waals surface area (Å²) in [6.45, 7) is 0. The van der Waals surface area contributed by atoms with E-state index in [1.54, 1.807) is 0 Å². The van der Waals surface area contributed by atoms with Crippen LogP contribution in [0.3, 0.4) is 0 Å². The number of methoxy groups -OCH3 is 1. The summed E-state index contributed by atoms with van der Waals surface area (Å²) in [5.41, 5.74) is 0.232. The number of aliphatic carboxylic acids is 1. The first kappa shape index (κ1) is 22.9. The molecule has 4 atom stereocenters. The van der Waals surface area contributed by atoms with E-state index in [0.29, 0.717) is 17.4 Å². The van der Waals surface area contributed by atoms with Gasteiger partial charge in [-0.2, -0.15) is 0 Å². The van der Waals surface area contributed by atoms with Crippen LogP contribution in [0.1, 0.15) is 33.8 Å². The summed E-state index contributed by atoms with van der Waals surface area (Å²) in [6, 6.07) is 16.4. The van der Waals surface area contributed by atoms with Crippen molar-refractivity contribution in [1.82, 2.24) is 4.98 Å². The van der Waals surface area contributed by atoms with Gasteiger partial charge in [0.05, 0.1) is 31.5 Å². The molecule has 1 saturated carbocycles. The molecule has 8 heteroatoms. The number of carbonyl (C=O) groups is 2. The van der Waals surface area contributed by atoms with Gasteiger partial charge in [-0.3, -0.25) is 14.6 Å². The fourth-order valence-corrected chi connectivity index (χ4v) is 4.97. The third kappa shape index (κ3) is 4.12. The van der Waals surface area contributed by atoms with Crippen LogP contribution in [0.4, 0.5) is 0 Å². The normalized spacial score (nSPS) is 24.3. The molecule has 2 N–H and O–H groups in total. The number of carboxylic acid groups (broad SMARTS) is 1. The standard InChI is InChI=1S/C25H22BrNO6/c1-32-20-12-27-13-21(18(20)14-28)33-25(16-7-9-17(26)10-8-16)11-19(29)22(24(30)31)23(25)15-5-3-2-4-6-15/h2-10,12-14,19,22-23,29H,11H2,1H3,(H,30,31)/t19-,22-,23+,25-/m0/s1. The Hall–Kier alpha value is -3.23. The molecule has 1 fully saturated rings. The van der Waals surface area contributed by atoms with Crippen molar-refractivity contribution in [3.63, 3.8) is 0 Å². The number of hydrogen-bond acceptors (Lipinski definition) is 6. The quantitative estimate of drug-likeness (QED) is 0.458. The molecule has 7 nitrogen and oxygen atoms in total. The first-order valence-electron chi connectivity index (χ1n) is 10.3. The van der Waals surface area contributed by atoms with Gasteiger partial charge in [0, 0.05) is 16.8 Å². The zero-order chi connectivity index (χ0) is 23.6. The lowest BCUT2D eigenvalue weighted by atomic mass is 9.76. The fraction of sp³-hybridized carbons (Fsp3) is 0.240. The van der Waals surface area contributed by atoms with Gasteiger partial charge in [-0.1, -0.05) is 58.4 Å². The summed E-state index contributed by atoms with van der Waals surface area (Å²) in [5.74, 6) is -2.63. The number of hydrogen-bond donors (Lipinski definition) is 2. The Morgan fingerprint density at radius 1 is 1.12 bits per heavy atom. The molecule has 2 aromatic carbocycles. The van der Waals surface area contributed by atoms with Crippen LogP contribution >= 0.6 is 15.9 Å². The SMILES string of the molecule is COc1cncc(O[C@]2(c3ccc(Br)cc3)C[C@H](O)[C@H](C(=O)O)[C@H]2c2ccccc2)c1C=O. The summed E-state index contributed by atoms with van der Waals surface area (Å²) < 4.78 is 12.7. The molecule has 3 aromatic rings. The van der Waals surface area contributed by atoms with Crippen LogP contribution in [0.2, 0.25) is 0 Å². The van der Waals surface area contributed by atoms with Crippen LogP contribution in [-0.4, -0.2) is 40.7 Å². The van der Waals surface area contributed by atoms with E-state index in [0.717, 1.165) is 4.47 Å². The van der Waals surface area contributed by atoms with Crippen LogP contribution in [0.25, 0.3) is 0 Å². The second-order valence-corrected chi connectivity index (χ2v) is 8.81. The van der Waals surface area contributed by atoms with Gasteiger partial charge in [-0.15, -0.1) is 0 Å². The van der Waals surface area contributed by atoms with Crippen LogP contribution in [0.5, 0.6) is 11.5 Å². The molecule has 1 aliphatic carbocycles. The number of carboxylic acids is 1. The van der Waals surface area contributed by atoms with Crippen LogP contribution in [0.15, 0.2) is 71.5 Å². The summed E-state index contributed by atoms with van der Waals surface area (Å²) in [6.07, 6.45) is 2.23. The van der Waals surface area contributed by atoms with E-state index < -0.39 is 29.5 Å². The molecule has 1 aliphatic rings. The minimum atomic E-state index is -1.30. The second kappa shape index (κ2) is 9.33. The van der Waals surface area contributed by atoms with Crippen molar-refractivity contribution in [3.05, 3.63) is 88.2 Å². The van der Waals surface area contributed by atoms with Crippen LogP contribution < -0.4 is 9.47 Å². The van der Waals surface area contributed by atoms with Gasteiger partial charge in [0.2, 0.25) is 0 Å². The molecule has 0 unspecified atom stereocenters. The maximum Gasteiger partial charge on any atom is 0.309 e. The predicted octanol–water partition coefficient (Wildman–Crippen LogP) is 4.19. The highest BCUT2D eigenvalue weighted by Gasteiger charge is 2.59. The van der Waals surface area contributed by atoms with Gasteiger partial charge in [0.15, 0.2) is 17.8 Å². The maximum atomic E-state index is 12.3. The van der Waals surface area contributed by atoms with E-state index in [-0.39, 0.29) is 23.5 Å². The molecule has 4 rings (SSSR count). The highest BCUT2D eigenvalue weighted by Crippen LogP contribution is 2.55. The van der Waals surface area contributed by atoms with Crippen LogP contribution in [0, 0.1) is 5.92 Å². The smallest absolute Gasteiger partial charge is 0.309 e. The number of pyridine rings is 1. The number of halogens is 1. The summed E-state index contributed by atoms with van der Waals surface area (Å²) in [5, 5.41) is 21.0. The van der Waals surface area contributed by atoms with Crippen molar-refractivity contribution in [2.75, 3.05) is 7.11 Å². The maximum absolute atomic E-state index is 12.3. The number of aromatic nitrogens is 1. The monoisotopic (exact) mass is 511 g/mol. The molecule has 0 aliphatic heterocycles. The van der Waals surface area contributed by atoms with Gasteiger partial charge in [-0.25, -0.2) is 0 Å². The first-order valence-corrected chi connectivity index (χ1v) is 11.1. The number of nitrogens with zero attached hydrogens (tertiary/aromatic N) is 1. The molecular weight excluding hydrogens is 490 g/mol. The number of rotatable bonds is 7. The van der Waals surface area contributed by atoms with Gasteiger partial charge in [-0.05, 0) is 23.3 Å². The van der Waals surface area contributed by atoms with Gasteiger partial charge in [0.1, 0.15) is 11.2 Å². The van der Waals surface area contributed by atoms with E-state index in [4.69, 9.17) is 9.47 Å². The Morgan fingerprint density at radius 3 is 2.39 bits per heavy atom. The third-order valence-electron chi connectivity index (χ3n) is 6.11. The average Bonchev–Trinajstić information content (AvgIpc) is 3.12. The number of aliphatic hydroxyl groups is 1. The molecule has 0 amide bonds. The lowest BCUT2D eigenvalue weighted by Gasteiger charge is -2.38. The molecule has 170 valence electrons.